The van der Waals surface area contributed by atoms with E-state index in [0.29, 0.717) is 5.56 Å². The lowest BCUT2D eigenvalue weighted by Gasteiger charge is -2.26. The van der Waals surface area contributed by atoms with Crippen LogP contribution in [0.4, 0.5) is 0 Å². The molecule has 1 aromatic carbocycles. The van der Waals surface area contributed by atoms with Gasteiger partial charge in [-0.25, -0.2) is 9.59 Å². The molecule has 1 atom stereocenters. The van der Waals surface area contributed by atoms with Gasteiger partial charge in [0.15, 0.2) is 0 Å². The molecule has 0 radical (unpaired) electrons. The zero-order chi connectivity index (χ0) is 20.7. The van der Waals surface area contributed by atoms with Crippen LogP contribution in [-0.4, -0.2) is 40.9 Å². The molecule has 0 aliphatic carbocycles. The van der Waals surface area contributed by atoms with Crippen LogP contribution in [0.1, 0.15) is 43.2 Å². The van der Waals surface area contributed by atoms with Gasteiger partial charge in [0.1, 0.15) is 0 Å². The summed E-state index contributed by atoms with van der Waals surface area (Å²) in [6.07, 6.45) is -0.180. The first-order valence-electron chi connectivity index (χ1n) is 8.71. The molecule has 0 amide bonds. The molecule has 28 heavy (non-hydrogen) atoms. The van der Waals surface area contributed by atoms with E-state index in [1.165, 1.54) is 19.1 Å². The van der Waals surface area contributed by atoms with Crippen LogP contribution in [-0.2, 0) is 23.9 Å². The standard InChI is InChI=1S/C20H21NO7/c1-4-20(28-13(3)22,18(24)26-5-2)19(25)27-16-12-11-15(21-16)17(23)14-9-7-6-8-10-14/h6-12,21H,4-5H2,1-3H3. The minimum Gasteiger partial charge on any atom is -0.463 e. The highest BCUT2D eigenvalue weighted by Crippen LogP contribution is 2.23. The van der Waals surface area contributed by atoms with Crippen molar-refractivity contribution in [2.45, 2.75) is 32.8 Å². The minimum absolute atomic E-state index is 0.00659. The molecule has 2 rings (SSSR count). The molecule has 1 N–H and O–H groups in total. The van der Waals surface area contributed by atoms with Crippen LogP contribution in [0.2, 0.25) is 0 Å². The van der Waals surface area contributed by atoms with Crippen LogP contribution in [0.15, 0.2) is 42.5 Å². The molecule has 0 aliphatic heterocycles. The first-order valence-corrected chi connectivity index (χ1v) is 8.71. The van der Waals surface area contributed by atoms with Crippen molar-refractivity contribution in [3.05, 3.63) is 53.7 Å². The van der Waals surface area contributed by atoms with E-state index in [-0.39, 0.29) is 30.4 Å². The van der Waals surface area contributed by atoms with Gasteiger partial charge in [0.2, 0.25) is 11.7 Å². The lowest BCUT2D eigenvalue weighted by atomic mass is 10.0. The number of aromatic amines is 1. The molecule has 0 saturated heterocycles. The van der Waals surface area contributed by atoms with Crippen molar-refractivity contribution in [2.75, 3.05) is 6.61 Å². The van der Waals surface area contributed by atoms with Crippen LogP contribution in [0.5, 0.6) is 5.88 Å². The third kappa shape index (κ3) is 4.46. The lowest BCUT2D eigenvalue weighted by Crippen LogP contribution is -2.52. The molecular formula is C20H21NO7. The Balaban J connectivity index is 2.24. The fourth-order valence-electron chi connectivity index (χ4n) is 2.51. The highest BCUT2D eigenvalue weighted by atomic mass is 16.6. The van der Waals surface area contributed by atoms with Gasteiger partial charge in [-0.1, -0.05) is 37.3 Å². The van der Waals surface area contributed by atoms with Gasteiger partial charge in [-0.05, 0) is 13.0 Å². The van der Waals surface area contributed by atoms with Crippen molar-refractivity contribution in [1.29, 1.82) is 0 Å². The number of ketones is 1. The van der Waals surface area contributed by atoms with Crippen molar-refractivity contribution in [2.24, 2.45) is 0 Å². The van der Waals surface area contributed by atoms with Crippen molar-refractivity contribution < 1.29 is 33.4 Å². The fourth-order valence-corrected chi connectivity index (χ4v) is 2.51. The average Bonchev–Trinajstić information content (AvgIpc) is 3.14. The topological polar surface area (TPSA) is 112 Å². The number of rotatable bonds is 8. The van der Waals surface area contributed by atoms with E-state index >= 15 is 0 Å². The van der Waals surface area contributed by atoms with Gasteiger partial charge in [-0.15, -0.1) is 0 Å². The van der Waals surface area contributed by atoms with E-state index < -0.39 is 23.5 Å². The van der Waals surface area contributed by atoms with Crippen LogP contribution in [0.3, 0.4) is 0 Å². The van der Waals surface area contributed by atoms with E-state index in [4.69, 9.17) is 14.2 Å². The Labute approximate surface area is 161 Å². The van der Waals surface area contributed by atoms with E-state index in [2.05, 4.69) is 4.98 Å². The highest BCUT2D eigenvalue weighted by molar-refractivity contribution is 6.08. The van der Waals surface area contributed by atoms with Crippen molar-refractivity contribution in [3.63, 3.8) is 0 Å². The molecule has 8 nitrogen and oxygen atoms in total. The second-order valence-electron chi connectivity index (χ2n) is 5.82. The Hall–Kier alpha value is -3.42. The van der Waals surface area contributed by atoms with Crippen LogP contribution in [0.25, 0.3) is 0 Å². The van der Waals surface area contributed by atoms with Crippen LogP contribution >= 0.6 is 0 Å². The normalized spacial score (nSPS) is 12.5. The average molecular weight is 387 g/mol. The van der Waals surface area contributed by atoms with E-state index in [1.807, 2.05) is 0 Å². The number of H-pyrrole nitrogens is 1. The molecule has 0 saturated carbocycles. The quantitative estimate of drug-likeness (QED) is 0.420. The second kappa shape index (κ2) is 8.98. The maximum atomic E-state index is 12.7. The largest absolute Gasteiger partial charge is 0.463 e. The first kappa shape index (κ1) is 20.9. The number of aromatic nitrogens is 1. The number of nitrogens with one attached hydrogen (secondary N) is 1. The monoisotopic (exact) mass is 387 g/mol. The van der Waals surface area contributed by atoms with Gasteiger partial charge >= 0.3 is 23.5 Å². The van der Waals surface area contributed by atoms with Crippen molar-refractivity contribution in [1.82, 2.24) is 4.98 Å². The first-order chi connectivity index (χ1) is 13.3. The molecule has 0 bridgehead atoms. The molecule has 0 aliphatic rings. The van der Waals surface area contributed by atoms with Crippen molar-refractivity contribution >= 4 is 23.7 Å². The van der Waals surface area contributed by atoms with E-state index in [1.54, 1.807) is 37.3 Å². The maximum Gasteiger partial charge on any atom is 0.369 e. The molecule has 8 heteroatoms. The molecule has 0 fully saturated rings. The summed E-state index contributed by atoms with van der Waals surface area (Å²) >= 11 is 0. The number of hydrogen-bond donors (Lipinski definition) is 1. The van der Waals surface area contributed by atoms with Crippen molar-refractivity contribution in [3.8, 4) is 5.88 Å². The number of esters is 3. The Kier molecular flexibility index (Phi) is 6.70. The molecular weight excluding hydrogens is 366 g/mol. The van der Waals surface area contributed by atoms with E-state index in [0.717, 1.165) is 6.92 Å². The molecule has 0 spiro atoms. The Morgan fingerprint density at radius 2 is 1.64 bits per heavy atom. The van der Waals surface area contributed by atoms with Gasteiger partial charge < -0.3 is 19.2 Å². The molecule has 2 aromatic rings. The third-order valence-electron chi connectivity index (χ3n) is 3.89. The van der Waals surface area contributed by atoms with Gasteiger partial charge in [0.25, 0.3) is 0 Å². The summed E-state index contributed by atoms with van der Waals surface area (Å²) in [5.74, 6) is -3.35. The second-order valence-corrected chi connectivity index (χ2v) is 5.82. The molecule has 1 unspecified atom stereocenters. The van der Waals surface area contributed by atoms with Gasteiger partial charge in [0, 0.05) is 25.0 Å². The van der Waals surface area contributed by atoms with Gasteiger partial charge in [-0.3, -0.25) is 9.59 Å². The molecule has 1 aromatic heterocycles. The summed E-state index contributed by atoms with van der Waals surface area (Å²) in [4.78, 5) is 51.5. The summed E-state index contributed by atoms with van der Waals surface area (Å²) in [6, 6.07) is 11.4. The fraction of sp³-hybridized carbons (Fsp3) is 0.300. The van der Waals surface area contributed by atoms with E-state index in [9.17, 15) is 19.2 Å². The summed E-state index contributed by atoms with van der Waals surface area (Å²) < 4.78 is 15.0. The summed E-state index contributed by atoms with van der Waals surface area (Å²) in [7, 11) is 0. The zero-order valence-electron chi connectivity index (χ0n) is 15.8. The predicted octanol–water partition coefficient (Wildman–Crippen LogP) is 2.43. The molecule has 148 valence electrons. The van der Waals surface area contributed by atoms with Gasteiger partial charge in [-0.2, -0.15) is 0 Å². The van der Waals surface area contributed by atoms with Crippen LogP contribution in [0, 0.1) is 0 Å². The zero-order valence-corrected chi connectivity index (χ0v) is 15.8. The molecule has 1 heterocycles. The third-order valence-corrected chi connectivity index (χ3v) is 3.89. The Bertz CT molecular complexity index is 872. The highest BCUT2D eigenvalue weighted by Gasteiger charge is 2.51. The summed E-state index contributed by atoms with van der Waals surface area (Å²) in [5.41, 5.74) is -1.58. The minimum atomic E-state index is -2.23. The van der Waals surface area contributed by atoms with Gasteiger partial charge in [0.05, 0.1) is 12.3 Å². The number of hydrogen-bond acceptors (Lipinski definition) is 7. The smallest absolute Gasteiger partial charge is 0.369 e. The maximum absolute atomic E-state index is 12.7. The Morgan fingerprint density at radius 3 is 2.21 bits per heavy atom. The SMILES string of the molecule is CCOC(=O)C(CC)(OC(C)=O)C(=O)Oc1ccc(C(=O)c2ccccc2)[nH]1. The van der Waals surface area contributed by atoms with Crippen LogP contribution < -0.4 is 4.74 Å². The summed E-state index contributed by atoms with van der Waals surface area (Å²) in [5, 5.41) is 0. The predicted molar refractivity (Wildman–Crippen MR) is 97.7 cm³/mol. The number of carbonyl (C=O) groups excluding carboxylic acids is 4. The Morgan fingerprint density at radius 1 is 0.964 bits per heavy atom. The summed E-state index contributed by atoms with van der Waals surface area (Å²) in [6.45, 7) is 4.11. The number of carbonyl (C=O) groups is 4. The number of benzene rings is 1. The lowest BCUT2D eigenvalue weighted by molar-refractivity contribution is -0.191. The number of ether oxygens (including phenoxy) is 3.